The van der Waals surface area contributed by atoms with Crippen molar-refractivity contribution < 1.29 is 12.8 Å². The van der Waals surface area contributed by atoms with E-state index in [1.807, 2.05) is 30.3 Å². The number of benzene rings is 2. The third-order valence-corrected chi connectivity index (χ3v) is 7.04. The van der Waals surface area contributed by atoms with Crippen molar-refractivity contribution in [1.82, 2.24) is 14.1 Å². The van der Waals surface area contributed by atoms with Gasteiger partial charge in [-0.3, -0.25) is 4.79 Å². The highest BCUT2D eigenvalue weighted by atomic mass is 32.2. The molecule has 0 aliphatic carbocycles. The van der Waals surface area contributed by atoms with Crippen molar-refractivity contribution in [2.24, 2.45) is 0 Å². The average molecular weight is 411 g/mol. The largest absolute Gasteiger partial charge is 0.437 e. The van der Waals surface area contributed by atoms with Crippen LogP contribution in [0.2, 0.25) is 0 Å². The number of para-hydroxylation sites is 1. The molecule has 0 saturated heterocycles. The monoisotopic (exact) mass is 411 g/mol. The molecule has 0 aliphatic heterocycles. The molecule has 7 nitrogen and oxygen atoms in total. The average Bonchev–Trinajstić information content (AvgIpc) is 3.06. The first-order valence-electron chi connectivity index (χ1n) is 9.40. The number of sulfonamides is 1. The molecule has 0 saturated carbocycles. The van der Waals surface area contributed by atoms with Crippen LogP contribution in [0.25, 0.3) is 27.8 Å². The predicted octanol–water partition coefficient (Wildman–Crippen LogP) is 3.47. The van der Waals surface area contributed by atoms with Gasteiger partial charge >= 0.3 is 0 Å². The van der Waals surface area contributed by atoms with Gasteiger partial charge in [-0.2, -0.15) is 14.1 Å². The van der Waals surface area contributed by atoms with Crippen LogP contribution in [-0.4, -0.2) is 35.6 Å². The minimum Gasteiger partial charge on any atom is -0.437 e. The number of fused-ring (bicyclic) bond motifs is 2. The van der Waals surface area contributed by atoms with E-state index in [0.717, 1.165) is 5.69 Å². The molecule has 0 atom stereocenters. The number of aromatic nitrogens is 2. The molecule has 0 unspecified atom stereocenters. The molecule has 2 aromatic heterocycles. The van der Waals surface area contributed by atoms with Crippen molar-refractivity contribution in [2.45, 2.75) is 25.7 Å². The Labute approximate surface area is 168 Å². The van der Waals surface area contributed by atoms with E-state index in [4.69, 9.17) is 4.42 Å². The molecule has 0 spiro atoms. The molecule has 4 rings (SSSR count). The Bertz CT molecular complexity index is 1370. The van der Waals surface area contributed by atoms with Gasteiger partial charge in [-0.25, -0.2) is 8.42 Å². The van der Waals surface area contributed by atoms with Gasteiger partial charge in [0.1, 0.15) is 11.0 Å². The summed E-state index contributed by atoms with van der Waals surface area (Å²) in [5.41, 5.74) is 1.66. The zero-order chi connectivity index (χ0) is 20.8. The first-order chi connectivity index (χ1) is 13.9. The molecule has 150 valence electrons. The number of hydrogen-bond acceptors (Lipinski definition) is 5. The van der Waals surface area contributed by atoms with Crippen LogP contribution in [0.4, 0.5) is 0 Å². The van der Waals surface area contributed by atoms with Crippen LogP contribution in [0, 0.1) is 6.92 Å². The van der Waals surface area contributed by atoms with E-state index in [-0.39, 0.29) is 15.7 Å². The Kier molecular flexibility index (Phi) is 4.76. The third-order valence-electron chi connectivity index (χ3n) is 4.99. The summed E-state index contributed by atoms with van der Waals surface area (Å²) in [5, 5.41) is 5.04. The van der Waals surface area contributed by atoms with Crippen molar-refractivity contribution in [3.63, 3.8) is 0 Å². The van der Waals surface area contributed by atoms with Crippen LogP contribution in [0.3, 0.4) is 0 Å². The van der Waals surface area contributed by atoms with Crippen LogP contribution in [0.15, 0.2) is 62.6 Å². The van der Waals surface area contributed by atoms with E-state index >= 15 is 0 Å². The fraction of sp³-hybridized carbons (Fsp3) is 0.238. The normalized spacial score (nSPS) is 12.3. The molecular formula is C21H21N3O4S. The third kappa shape index (κ3) is 3.04. The van der Waals surface area contributed by atoms with Crippen LogP contribution < -0.4 is 5.43 Å². The molecule has 8 heteroatoms. The molecule has 0 radical (unpaired) electrons. The summed E-state index contributed by atoms with van der Waals surface area (Å²) >= 11 is 0. The summed E-state index contributed by atoms with van der Waals surface area (Å²) in [5.74, 6) is 0. The van der Waals surface area contributed by atoms with Crippen LogP contribution in [0.1, 0.15) is 19.5 Å². The number of hydrogen-bond donors (Lipinski definition) is 0. The van der Waals surface area contributed by atoms with Gasteiger partial charge < -0.3 is 4.42 Å². The summed E-state index contributed by atoms with van der Waals surface area (Å²) in [4.78, 5) is 13.3. The SMILES string of the molecule is CCN(CC)S(=O)(=O)c1ccc2oc3c(c(C)nn3-c3ccccc3)c(=O)c2c1. The first-order valence-corrected chi connectivity index (χ1v) is 10.8. The first kappa shape index (κ1) is 19.4. The number of nitrogens with zero attached hydrogens (tertiary/aromatic N) is 3. The molecule has 0 aliphatic rings. The Hall–Kier alpha value is -2.97. The summed E-state index contributed by atoms with van der Waals surface area (Å²) in [6.45, 7) is 6.00. The highest BCUT2D eigenvalue weighted by Gasteiger charge is 2.24. The van der Waals surface area contributed by atoms with Crippen LogP contribution in [0.5, 0.6) is 0 Å². The summed E-state index contributed by atoms with van der Waals surface area (Å²) in [6, 6.07) is 13.8. The van der Waals surface area contributed by atoms with E-state index in [9.17, 15) is 13.2 Å². The van der Waals surface area contributed by atoms with Gasteiger partial charge in [-0.15, -0.1) is 0 Å². The predicted molar refractivity (Wildman–Crippen MR) is 112 cm³/mol. The quantitative estimate of drug-likeness (QED) is 0.502. The maximum Gasteiger partial charge on any atom is 0.243 e. The van der Waals surface area contributed by atoms with E-state index in [0.29, 0.717) is 35.5 Å². The maximum absolute atomic E-state index is 13.2. The smallest absolute Gasteiger partial charge is 0.243 e. The van der Waals surface area contributed by atoms with Crippen LogP contribution in [-0.2, 0) is 10.0 Å². The Morgan fingerprint density at radius 3 is 2.41 bits per heavy atom. The molecule has 2 heterocycles. The fourth-order valence-electron chi connectivity index (χ4n) is 3.49. The Morgan fingerprint density at radius 2 is 1.76 bits per heavy atom. The van der Waals surface area contributed by atoms with Crippen molar-refractivity contribution >= 4 is 32.1 Å². The summed E-state index contributed by atoms with van der Waals surface area (Å²) in [6.07, 6.45) is 0. The Balaban J connectivity index is 1.99. The fourth-order valence-corrected chi connectivity index (χ4v) is 4.98. The van der Waals surface area contributed by atoms with Crippen molar-refractivity contribution in [3.05, 3.63) is 64.4 Å². The molecule has 0 fully saturated rings. The van der Waals surface area contributed by atoms with Gasteiger partial charge in [0.15, 0.2) is 0 Å². The topological polar surface area (TPSA) is 85.4 Å². The van der Waals surface area contributed by atoms with Gasteiger partial charge in [-0.05, 0) is 37.3 Å². The van der Waals surface area contributed by atoms with Crippen molar-refractivity contribution in [2.75, 3.05) is 13.1 Å². The second-order valence-electron chi connectivity index (χ2n) is 6.69. The lowest BCUT2D eigenvalue weighted by atomic mass is 10.2. The van der Waals surface area contributed by atoms with E-state index < -0.39 is 10.0 Å². The second-order valence-corrected chi connectivity index (χ2v) is 8.63. The molecule has 4 aromatic rings. The van der Waals surface area contributed by atoms with E-state index in [2.05, 4.69) is 5.10 Å². The molecular weight excluding hydrogens is 390 g/mol. The second kappa shape index (κ2) is 7.13. The van der Waals surface area contributed by atoms with Gasteiger partial charge in [-0.1, -0.05) is 32.0 Å². The lowest BCUT2D eigenvalue weighted by molar-refractivity contribution is 0.445. The van der Waals surface area contributed by atoms with E-state index in [1.165, 1.54) is 22.5 Å². The minimum atomic E-state index is -3.68. The summed E-state index contributed by atoms with van der Waals surface area (Å²) < 4.78 is 34.6. The molecule has 0 bridgehead atoms. The lowest BCUT2D eigenvalue weighted by Crippen LogP contribution is -2.30. The maximum atomic E-state index is 13.2. The Morgan fingerprint density at radius 1 is 1.07 bits per heavy atom. The van der Waals surface area contributed by atoms with Gasteiger partial charge in [0.25, 0.3) is 0 Å². The minimum absolute atomic E-state index is 0.0773. The lowest BCUT2D eigenvalue weighted by Gasteiger charge is -2.18. The van der Waals surface area contributed by atoms with Gasteiger partial charge in [0.2, 0.25) is 21.2 Å². The highest BCUT2D eigenvalue weighted by Crippen LogP contribution is 2.26. The molecule has 29 heavy (non-hydrogen) atoms. The number of rotatable bonds is 5. The standard InChI is InChI=1S/C21H21N3O4S/c1-4-23(5-2)29(26,27)16-11-12-18-17(13-16)20(25)19-14(3)22-24(21(19)28-18)15-9-7-6-8-10-15/h6-13H,4-5H2,1-3H3. The molecule has 0 amide bonds. The van der Waals surface area contributed by atoms with Crippen molar-refractivity contribution in [1.29, 1.82) is 0 Å². The zero-order valence-electron chi connectivity index (χ0n) is 16.4. The zero-order valence-corrected chi connectivity index (χ0v) is 17.2. The highest BCUT2D eigenvalue weighted by molar-refractivity contribution is 7.89. The summed E-state index contributed by atoms with van der Waals surface area (Å²) in [7, 11) is -3.68. The molecule has 0 N–H and O–H groups in total. The number of aryl methyl sites for hydroxylation is 1. The van der Waals surface area contributed by atoms with Gasteiger partial charge in [0, 0.05) is 13.1 Å². The van der Waals surface area contributed by atoms with Crippen LogP contribution >= 0.6 is 0 Å². The van der Waals surface area contributed by atoms with Crippen molar-refractivity contribution in [3.8, 4) is 5.69 Å². The van der Waals surface area contributed by atoms with E-state index in [1.54, 1.807) is 25.5 Å². The molecule has 2 aromatic carbocycles. The van der Waals surface area contributed by atoms with Gasteiger partial charge in [0.05, 0.1) is 21.7 Å².